The summed E-state index contributed by atoms with van der Waals surface area (Å²) in [5.74, 6) is -0.367. The Morgan fingerprint density at radius 1 is 1.07 bits per heavy atom. The summed E-state index contributed by atoms with van der Waals surface area (Å²) in [6.45, 7) is 0. The van der Waals surface area contributed by atoms with E-state index in [-0.39, 0.29) is 29.0 Å². The van der Waals surface area contributed by atoms with Gasteiger partial charge in [-0.05, 0) is 42.0 Å². The lowest BCUT2D eigenvalue weighted by molar-refractivity contribution is -0.116. The lowest BCUT2D eigenvalue weighted by Gasteiger charge is -2.23. The van der Waals surface area contributed by atoms with Gasteiger partial charge in [0.05, 0.1) is 10.6 Å². The van der Waals surface area contributed by atoms with Crippen LogP contribution in [0.25, 0.3) is 11.3 Å². The Kier molecular flexibility index (Phi) is 4.07. The van der Waals surface area contributed by atoms with Crippen molar-refractivity contribution in [3.63, 3.8) is 0 Å². The van der Waals surface area contributed by atoms with Gasteiger partial charge in [-0.15, -0.1) is 0 Å². The van der Waals surface area contributed by atoms with Gasteiger partial charge in [0, 0.05) is 29.7 Å². The minimum Gasteiger partial charge on any atom is -0.309 e. The average Bonchev–Trinajstić information content (AvgIpc) is 3.05. The molecule has 27 heavy (non-hydrogen) atoms. The Morgan fingerprint density at radius 3 is 2.37 bits per heavy atom. The van der Waals surface area contributed by atoms with Crippen LogP contribution in [-0.2, 0) is 14.6 Å². The molecule has 2 N–H and O–H groups in total. The largest absolute Gasteiger partial charge is 0.309 e. The molecule has 0 unspecified atom stereocenters. The summed E-state index contributed by atoms with van der Waals surface area (Å²) < 4.78 is 36.6. The average molecular weight is 385 g/mol. The van der Waals surface area contributed by atoms with Crippen LogP contribution in [0.5, 0.6) is 0 Å². The van der Waals surface area contributed by atoms with Gasteiger partial charge in [0.25, 0.3) is 0 Å². The Morgan fingerprint density at radius 2 is 1.74 bits per heavy atom. The first-order valence-corrected chi connectivity index (χ1v) is 10.2. The highest BCUT2D eigenvalue weighted by atomic mass is 32.2. The first-order valence-electron chi connectivity index (χ1n) is 8.27. The standard InChI is InChI=1S/C19H16FN3O3S/c1-27(25,26)14-8-4-11(5-9-14)15-10-16(24)21-19-17(15)18(22-23-19)12-2-6-13(20)7-3-12/h2-9,15H,10H2,1H3,(H2,21,22,23,24)/t15-/m0/s1. The predicted octanol–water partition coefficient (Wildman–Crippen LogP) is 3.09. The maximum absolute atomic E-state index is 13.3. The summed E-state index contributed by atoms with van der Waals surface area (Å²) in [4.78, 5) is 12.3. The number of hydrogen-bond donors (Lipinski definition) is 2. The molecule has 0 saturated carbocycles. The number of anilines is 1. The number of H-pyrrole nitrogens is 1. The zero-order valence-electron chi connectivity index (χ0n) is 14.4. The van der Waals surface area contributed by atoms with E-state index in [0.717, 1.165) is 22.9 Å². The minimum atomic E-state index is -3.30. The van der Waals surface area contributed by atoms with E-state index in [1.54, 1.807) is 24.3 Å². The fraction of sp³-hybridized carbons (Fsp3) is 0.158. The van der Waals surface area contributed by atoms with Crippen molar-refractivity contribution in [1.29, 1.82) is 0 Å². The Labute approximate surface area is 155 Å². The summed E-state index contributed by atoms with van der Waals surface area (Å²) in [6, 6.07) is 12.5. The first kappa shape index (κ1) is 17.4. The third kappa shape index (κ3) is 3.23. The van der Waals surface area contributed by atoms with E-state index in [0.29, 0.717) is 11.5 Å². The van der Waals surface area contributed by atoms with E-state index in [4.69, 9.17) is 0 Å². The van der Waals surface area contributed by atoms with E-state index >= 15 is 0 Å². The summed E-state index contributed by atoms with van der Waals surface area (Å²) >= 11 is 0. The van der Waals surface area contributed by atoms with Crippen LogP contribution < -0.4 is 5.32 Å². The monoisotopic (exact) mass is 385 g/mol. The number of carbonyl (C=O) groups excluding carboxylic acids is 1. The molecule has 0 spiro atoms. The maximum Gasteiger partial charge on any atom is 0.226 e. The molecule has 1 atom stereocenters. The quantitative estimate of drug-likeness (QED) is 0.725. The molecule has 3 aromatic rings. The van der Waals surface area contributed by atoms with Gasteiger partial charge in [-0.3, -0.25) is 9.89 Å². The van der Waals surface area contributed by atoms with E-state index in [1.165, 1.54) is 24.3 Å². The molecule has 1 aliphatic heterocycles. The second-order valence-electron chi connectivity index (χ2n) is 6.51. The van der Waals surface area contributed by atoms with Crippen LogP contribution >= 0.6 is 0 Å². The maximum atomic E-state index is 13.3. The number of aromatic nitrogens is 2. The van der Waals surface area contributed by atoms with Crippen molar-refractivity contribution < 1.29 is 17.6 Å². The SMILES string of the molecule is CS(=O)(=O)c1ccc([C@@H]2CC(=O)Nc3n[nH]c(-c4ccc(F)cc4)c32)cc1. The van der Waals surface area contributed by atoms with E-state index in [9.17, 15) is 17.6 Å². The fourth-order valence-electron chi connectivity index (χ4n) is 3.32. The molecular formula is C19H16FN3O3S. The molecule has 8 heteroatoms. The molecule has 0 fully saturated rings. The number of aromatic amines is 1. The lowest BCUT2D eigenvalue weighted by Crippen LogP contribution is -2.23. The molecule has 0 saturated heterocycles. The molecule has 6 nitrogen and oxygen atoms in total. The van der Waals surface area contributed by atoms with Crippen LogP contribution in [0.15, 0.2) is 53.4 Å². The number of carbonyl (C=O) groups is 1. The van der Waals surface area contributed by atoms with Gasteiger partial charge in [-0.2, -0.15) is 5.10 Å². The molecule has 0 aliphatic carbocycles. The number of halogens is 1. The number of benzene rings is 2. The van der Waals surface area contributed by atoms with E-state index in [2.05, 4.69) is 15.5 Å². The second-order valence-corrected chi connectivity index (χ2v) is 8.53. The van der Waals surface area contributed by atoms with Crippen molar-refractivity contribution in [2.75, 3.05) is 11.6 Å². The van der Waals surface area contributed by atoms with Crippen LogP contribution in [0.2, 0.25) is 0 Å². The van der Waals surface area contributed by atoms with E-state index < -0.39 is 9.84 Å². The number of amides is 1. The second kappa shape index (κ2) is 6.31. The molecule has 0 bridgehead atoms. The van der Waals surface area contributed by atoms with Gasteiger partial charge < -0.3 is 5.32 Å². The van der Waals surface area contributed by atoms with E-state index in [1.807, 2.05) is 0 Å². The van der Waals surface area contributed by atoms with Gasteiger partial charge in [-0.25, -0.2) is 12.8 Å². The molecular weight excluding hydrogens is 369 g/mol. The smallest absolute Gasteiger partial charge is 0.226 e. The Hall–Kier alpha value is -3.00. The predicted molar refractivity (Wildman–Crippen MR) is 98.6 cm³/mol. The molecule has 2 aromatic carbocycles. The van der Waals surface area contributed by atoms with Crippen molar-refractivity contribution in [1.82, 2.24) is 10.2 Å². The van der Waals surface area contributed by atoms with Gasteiger partial charge >= 0.3 is 0 Å². The first-order chi connectivity index (χ1) is 12.8. The van der Waals surface area contributed by atoms with Gasteiger partial charge in [0.1, 0.15) is 5.82 Å². The number of rotatable bonds is 3. The van der Waals surface area contributed by atoms with Crippen molar-refractivity contribution in [3.8, 4) is 11.3 Å². The number of nitrogens with one attached hydrogen (secondary N) is 2. The normalized spacial score (nSPS) is 16.7. The Balaban J connectivity index is 1.81. The highest BCUT2D eigenvalue weighted by Gasteiger charge is 2.32. The van der Waals surface area contributed by atoms with Crippen molar-refractivity contribution in [2.24, 2.45) is 0 Å². The van der Waals surface area contributed by atoms with Crippen LogP contribution in [-0.4, -0.2) is 30.8 Å². The number of nitrogens with zero attached hydrogens (tertiary/aromatic N) is 1. The van der Waals surface area contributed by atoms with Crippen molar-refractivity contribution >= 4 is 21.6 Å². The van der Waals surface area contributed by atoms with Crippen LogP contribution in [0.1, 0.15) is 23.5 Å². The fourth-order valence-corrected chi connectivity index (χ4v) is 3.95. The highest BCUT2D eigenvalue weighted by Crippen LogP contribution is 2.41. The van der Waals surface area contributed by atoms with Crippen molar-refractivity contribution in [2.45, 2.75) is 17.2 Å². The highest BCUT2D eigenvalue weighted by molar-refractivity contribution is 7.90. The van der Waals surface area contributed by atoms with Gasteiger partial charge in [0.15, 0.2) is 15.7 Å². The zero-order chi connectivity index (χ0) is 19.2. The zero-order valence-corrected chi connectivity index (χ0v) is 15.2. The third-order valence-electron chi connectivity index (χ3n) is 4.64. The lowest BCUT2D eigenvalue weighted by atomic mass is 9.84. The summed E-state index contributed by atoms with van der Waals surface area (Å²) in [5, 5.41) is 9.86. The molecule has 4 rings (SSSR count). The molecule has 0 radical (unpaired) electrons. The molecule has 2 heterocycles. The van der Waals surface area contributed by atoms with Crippen LogP contribution in [0, 0.1) is 5.82 Å². The summed E-state index contributed by atoms with van der Waals surface area (Å²) in [5.41, 5.74) is 3.05. The van der Waals surface area contributed by atoms with Crippen LogP contribution in [0.3, 0.4) is 0 Å². The summed E-state index contributed by atoms with van der Waals surface area (Å²) in [7, 11) is -3.30. The Bertz CT molecular complexity index is 1120. The minimum absolute atomic E-state index is 0.170. The third-order valence-corrected chi connectivity index (χ3v) is 5.77. The topological polar surface area (TPSA) is 91.9 Å². The molecule has 1 aromatic heterocycles. The molecule has 1 aliphatic rings. The number of sulfone groups is 1. The molecule has 1 amide bonds. The van der Waals surface area contributed by atoms with Crippen molar-refractivity contribution in [3.05, 3.63) is 65.5 Å². The van der Waals surface area contributed by atoms with Gasteiger partial charge in [-0.1, -0.05) is 12.1 Å². The summed E-state index contributed by atoms with van der Waals surface area (Å²) in [6.07, 6.45) is 1.36. The number of fused-ring (bicyclic) bond motifs is 1. The van der Waals surface area contributed by atoms with Gasteiger partial charge in [0.2, 0.25) is 5.91 Å². The van der Waals surface area contributed by atoms with Crippen LogP contribution in [0.4, 0.5) is 10.2 Å². The number of hydrogen-bond acceptors (Lipinski definition) is 4. The molecule has 138 valence electrons.